The predicted molar refractivity (Wildman–Crippen MR) is 128 cm³/mol. The lowest BCUT2D eigenvalue weighted by Crippen LogP contribution is -2.13. The van der Waals surface area contributed by atoms with Gasteiger partial charge in [-0.25, -0.2) is 0 Å². The Morgan fingerprint density at radius 1 is 1.08 bits per heavy atom. The van der Waals surface area contributed by atoms with Crippen LogP contribution in [-0.2, 0) is 11.0 Å². The lowest BCUT2D eigenvalue weighted by atomic mass is 10.1. The largest absolute Gasteiger partial charge is 0.448 e. The van der Waals surface area contributed by atoms with Gasteiger partial charge in [0, 0.05) is 27.4 Å². The molecule has 0 aliphatic carbocycles. The van der Waals surface area contributed by atoms with Crippen LogP contribution in [-0.4, -0.2) is 10.8 Å². The van der Waals surface area contributed by atoms with E-state index in [1.54, 1.807) is 18.2 Å². The zero-order valence-corrected chi connectivity index (χ0v) is 19.8. The first-order valence-electron chi connectivity index (χ1n) is 9.60. The molecule has 0 saturated carbocycles. The Bertz CT molecular complexity index is 1440. The van der Waals surface area contributed by atoms with Crippen LogP contribution < -0.4 is 10.1 Å². The number of hydrogen-bond acceptors (Lipinski definition) is 5. The molecule has 184 valence electrons. The molecule has 36 heavy (non-hydrogen) atoms. The molecule has 0 aromatic heterocycles. The van der Waals surface area contributed by atoms with Gasteiger partial charge in [-0.1, -0.05) is 40.9 Å². The highest BCUT2D eigenvalue weighted by Gasteiger charge is 2.33. The number of rotatable bonds is 6. The average Bonchev–Trinajstić information content (AvgIpc) is 2.78. The summed E-state index contributed by atoms with van der Waals surface area (Å²) in [4.78, 5) is 23.0. The van der Waals surface area contributed by atoms with Crippen LogP contribution in [0.4, 0.5) is 24.5 Å². The first kappa shape index (κ1) is 26.8. The quantitative estimate of drug-likeness (QED) is 0.144. The van der Waals surface area contributed by atoms with E-state index < -0.39 is 39.6 Å². The number of nitro groups is 1. The van der Waals surface area contributed by atoms with Gasteiger partial charge in [0.15, 0.2) is 5.75 Å². The highest BCUT2D eigenvalue weighted by atomic mass is 35.5. The van der Waals surface area contributed by atoms with Gasteiger partial charge in [-0.2, -0.15) is 18.4 Å². The van der Waals surface area contributed by atoms with Crippen molar-refractivity contribution < 1.29 is 27.6 Å². The predicted octanol–water partition coefficient (Wildman–Crippen LogP) is 7.91. The molecular weight excluding hydrogens is 546 g/mol. The van der Waals surface area contributed by atoms with Crippen LogP contribution in [0, 0.1) is 21.4 Å². The lowest BCUT2D eigenvalue weighted by Gasteiger charge is -2.13. The highest BCUT2D eigenvalue weighted by molar-refractivity contribution is 6.36. The third-order valence-electron chi connectivity index (χ3n) is 4.48. The molecule has 7 nitrogen and oxygen atoms in total. The first-order chi connectivity index (χ1) is 16.9. The minimum absolute atomic E-state index is 0.0421. The molecule has 0 saturated heterocycles. The number of nitrogens with one attached hydrogen (secondary N) is 1. The molecule has 0 unspecified atom stereocenters. The van der Waals surface area contributed by atoms with Gasteiger partial charge in [-0.05, 0) is 48.5 Å². The van der Waals surface area contributed by atoms with E-state index in [2.05, 4.69) is 5.32 Å². The normalized spacial score (nSPS) is 11.5. The molecule has 3 aromatic carbocycles. The minimum atomic E-state index is -4.83. The van der Waals surface area contributed by atoms with Crippen molar-refractivity contribution >= 4 is 58.2 Å². The second-order valence-electron chi connectivity index (χ2n) is 6.98. The molecule has 3 rings (SSSR count). The van der Waals surface area contributed by atoms with Crippen molar-refractivity contribution in [3.05, 3.63) is 96.5 Å². The van der Waals surface area contributed by atoms with Crippen LogP contribution in [0.3, 0.4) is 0 Å². The van der Waals surface area contributed by atoms with Gasteiger partial charge < -0.3 is 10.1 Å². The lowest BCUT2D eigenvalue weighted by molar-refractivity contribution is -0.385. The Morgan fingerprint density at radius 3 is 2.42 bits per heavy atom. The number of carbonyl (C=O) groups is 1. The summed E-state index contributed by atoms with van der Waals surface area (Å²) in [7, 11) is 0. The van der Waals surface area contributed by atoms with E-state index in [0.29, 0.717) is 22.8 Å². The van der Waals surface area contributed by atoms with Gasteiger partial charge in [0.2, 0.25) is 5.75 Å². The van der Waals surface area contributed by atoms with E-state index >= 15 is 0 Å². The fourth-order valence-electron chi connectivity index (χ4n) is 2.90. The number of amides is 1. The molecule has 0 atom stereocenters. The molecule has 1 amide bonds. The minimum Gasteiger partial charge on any atom is -0.448 e. The average molecular weight is 557 g/mol. The fourth-order valence-corrected chi connectivity index (χ4v) is 3.63. The third kappa shape index (κ3) is 6.46. The van der Waals surface area contributed by atoms with Crippen molar-refractivity contribution in [2.24, 2.45) is 0 Å². The smallest absolute Gasteiger partial charge is 0.416 e. The summed E-state index contributed by atoms with van der Waals surface area (Å²) in [5.74, 6) is -1.68. The van der Waals surface area contributed by atoms with Crippen molar-refractivity contribution in [3.8, 4) is 17.6 Å². The maximum Gasteiger partial charge on any atom is 0.416 e. The van der Waals surface area contributed by atoms with E-state index in [0.717, 1.165) is 12.1 Å². The Labute approximate surface area is 216 Å². The number of benzene rings is 3. The summed E-state index contributed by atoms with van der Waals surface area (Å²) in [6.07, 6.45) is -3.77. The molecule has 0 radical (unpaired) electrons. The second-order valence-corrected chi connectivity index (χ2v) is 8.26. The Hall–Kier alpha value is -3.78. The van der Waals surface area contributed by atoms with Gasteiger partial charge in [0.05, 0.1) is 15.5 Å². The van der Waals surface area contributed by atoms with Gasteiger partial charge in [-0.3, -0.25) is 14.9 Å². The maximum absolute atomic E-state index is 13.0. The van der Waals surface area contributed by atoms with E-state index in [1.165, 1.54) is 24.3 Å². The molecule has 0 bridgehead atoms. The van der Waals surface area contributed by atoms with Crippen LogP contribution in [0.1, 0.15) is 11.1 Å². The number of nitro benzene ring substituents is 1. The number of anilines is 1. The highest BCUT2D eigenvalue weighted by Crippen LogP contribution is 2.42. The summed E-state index contributed by atoms with van der Waals surface area (Å²) in [5.41, 5.74) is -2.41. The summed E-state index contributed by atoms with van der Waals surface area (Å²) in [5, 5.41) is 23.6. The molecule has 0 aliphatic rings. The van der Waals surface area contributed by atoms with Crippen molar-refractivity contribution in [1.82, 2.24) is 0 Å². The SMILES string of the molecule is N#C/C(=C\c1cc(Cl)cc(Cl)c1Oc1ccc(C(F)(F)F)cc1[N+](=O)[O-])C(=O)Nc1cccc(Cl)c1. The van der Waals surface area contributed by atoms with Crippen LogP contribution >= 0.6 is 34.8 Å². The van der Waals surface area contributed by atoms with E-state index in [1.807, 2.05) is 0 Å². The number of halogens is 6. The van der Waals surface area contributed by atoms with Gasteiger partial charge in [0.1, 0.15) is 11.6 Å². The standard InChI is InChI=1S/C23H11Cl3F3N3O4/c24-15-2-1-3-17(9-15)31-22(33)13(11-30)6-12-7-16(25)10-18(26)21(12)36-20-5-4-14(23(27,28)29)8-19(20)32(34)35/h1-10H,(H,31,33)/b13-6+. The molecule has 3 aromatic rings. The molecule has 0 aliphatic heterocycles. The third-order valence-corrected chi connectivity index (χ3v) is 5.21. The van der Waals surface area contributed by atoms with Crippen LogP contribution in [0.2, 0.25) is 15.1 Å². The summed E-state index contributed by atoms with van der Waals surface area (Å²) in [6, 6.07) is 12.0. The molecule has 0 heterocycles. The van der Waals surface area contributed by atoms with Gasteiger partial charge in [0.25, 0.3) is 5.91 Å². The fraction of sp³-hybridized carbons (Fsp3) is 0.0435. The monoisotopic (exact) mass is 555 g/mol. The number of alkyl halides is 3. The molecular formula is C23H11Cl3F3N3O4. The van der Waals surface area contributed by atoms with E-state index in [9.17, 15) is 33.3 Å². The summed E-state index contributed by atoms with van der Waals surface area (Å²) >= 11 is 18.1. The van der Waals surface area contributed by atoms with E-state index in [4.69, 9.17) is 39.5 Å². The van der Waals surface area contributed by atoms with Gasteiger partial charge in [-0.15, -0.1) is 0 Å². The van der Waals surface area contributed by atoms with Crippen LogP contribution in [0.25, 0.3) is 6.08 Å². The summed E-state index contributed by atoms with van der Waals surface area (Å²) in [6.45, 7) is 0. The topological polar surface area (TPSA) is 105 Å². The van der Waals surface area contributed by atoms with E-state index in [-0.39, 0.29) is 21.4 Å². The number of ether oxygens (including phenoxy) is 1. The molecule has 0 fully saturated rings. The molecule has 13 heteroatoms. The molecule has 0 spiro atoms. The van der Waals surface area contributed by atoms with Crippen molar-refractivity contribution in [1.29, 1.82) is 5.26 Å². The molecule has 1 N–H and O–H groups in total. The number of nitriles is 1. The number of carbonyl (C=O) groups excluding carboxylic acids is 1. The Morgan fingerprint density at radius 2 is 1.81 bits per heavy atom. The zero-order valence-electron chi connectivity index (χ0n) is 17.6. The maximum atomic E-state index is 13.0. The van der Waals surface area contributed by atoms with Gasteiger partial charge >= 0.3 is 11.9 Å². The zero-order chi connectivity index (χ0) is 26.6. The first-order valence-corrected chi connectivity index (χ1v) is 10.7. The van der Waals surface area contributed by atoms with Crippen molar-refractivity contribution in [2.75, 3.05) is 5.32 Å². The Kier molecular flexibility index (Phi) is 8.10. The van der Waals surface area contributed by atoms with Crippen LogP contribution in [0.5, 0.6) is 11.5 Å². The van der Waals surface area contributed by atoms with Crippen molar-refractivity contribution in [3.63, 3.8) is 0 Å². The summed E-state index contributed by atoms with van der Waals surface area (Å²) < 4.78 is 44.6. The second kappa shape index (κ2) is 10.9. The van der Waals surface area contributed by atoms with Crippen molar-refractivity contribution in [2.45, 2.75) is 6.18 Å². The number of hydrogen-bond donors (Lipinski definition) is 1. The van der Waals surface area contributed by atoms with Crippen LogP contribution in [0.15, 0.2) is 60.2 Å². The Balaban J connectivity index is 2.05. The number of nitrogens with zero attached hydrogens (tertiary/aromatic N) is 2.